The Labute approximate surface area is 187 Å². The summed E-state index contributed by atoms with van der Waals surface area (Å²) in [7, 11) is 0. The zero-order valence-corrected chi connectivity index (χ0v) is 18.8. The van der Waals surface area contributed by atoms with Gasteiger partial charge in [0.1, 0.15) is 6.04 Å². The summed E-state index contributed by atoms with van der Waals surface area (Å²) in [5.74, 6) is -1.82. The molecule has 6 N–H and O–H groups in total. The van der Waals surface area contributed by atoms with Crippen LogP contribution in [0.4, 0.5) is 0 Å². The summed E-state index contributed by atoms with van der Waals surface area (Å²) in [5, 5.41) is 18.2. The molecule has 0 unspecified atom stereocenters. The third-order valence-corrected chi connectivity index (χ3v) is 5.35. The van der Waals surface area contributed by atoms with Gasteiger partial charge in [-0.25, -0.2) is 0 Å². The van der Waals surface area contributed by atoms with Gasteiger partial charge < -0.3 is 31.7 Å². The average Bonchev–Trinajstić information content (AvgIpc) is 2.73. The molecule has 10 nitrogen and oxygen atoms in total. The van der Waals surface area contributed by atoms with E-state index < -0.39 is 35.9 Å². The molecule has 1 aliphatic heterocycles. The second-order valence-corrected chi connectivity index (χ2v) is 8.17. The summed E-state index contributed by atoms with van der Waals surface area (Å²) in [4.78, 5) is 51.3. The Hall–Kier alpha value is -2.98. The van der Waals surface area contributed by atoms with Gasteiger partial charge in [0.25, 0.3) is 5.91 Å². The second-order valence-electron chi connectivity index (χ2n) is 8.17. The molecule has 0 radical (unpaired) electrons. The van der Waals surface area contributed by atoms with Crippen molar-refractivity contribution in [1.29, 1.82) is 0 Å². The third kappa shape index (κ3) is 7.03. The van der Waals surface area contributed by atoms with E-state index in [9.17, 15) is 24.3 Å². The van der Waals surface area contributed by atoms with E-state index in [1.54, 1.807) is 19.1 Å². The van der Waals surface area contributed by atoms with Crippen molar-refractivity contribution in [3.63, 3.8) is 0 Å². The molecule has 0 aromatic heterocycles. The Morgan fingerprint density at radius 1 is 1.28 bits per heavy atom. The minimum absolute atomic E-state index is 0.0512. The first kappa shape index (κ1) is 25.3. The maximum absolute atomic E-state index is 12.8. The Morgan fingerprint density at radius 2 is 2.00 bits per heavy atom. The van der Waals surface area contributed by atoms with Crippen molar-refractivity contribution in [3.05, 3.63) is 34.9 Å². The highest BCUT2D eigenvalue weighted by atomic mass is 16.3. The number of nitrogens with zero attached hydrogens (tertiary/aromatic N) is 1. The van der Waals surface area contributed by atoms with Crippen molar-refractivity contribution in [2.75, 3.05) is 26.2 Å². The highest BCUT2D eigenvalue weighted by molar-refractivity contribution is 5.98. The third-order valence-electron chi connectivity index (χ3n) is 5.35. The Kier molecular flexibility index (Phi) is 9.15. The first-order valence-corrected chi connectivity index (χ1v) is 10.8. The van der Waals surface area contributed by atoms with Crippen LogP contribution in [-0.4, -0.2) is 78.0 Å². The minimum Gasteiger partial charge on any atom is -0.391 e. The number of aliphatic hydroxyl groups excluding tert-OH is 1. The molecule has 176 valence electrons. The van der Waals surface area contributed by atoms with Crippen molar-refractivity contribution in [3.8, 4) is 0 Å². The van der Waals surface area contributed by atoms with Crippen LogP contribution in [0.25, 0.3) is 0 Å². The van der Waals surface area contributed by atoms with Crippen molar-refractivity contribution in [2.45, 2.75) is 51.8 Å². The number of nitrogens with two attached hydrogens (primary N) is 1. The summed E-state index contributed by atoms with van der Waals surface area (Å²) in [6.07, 6.45) is 0.136. The molecule has 0 saturated heterocycles. The molecule has 1 heterocycles. The summed E-state index contributed by atoms with van der Waals surface area (Å²) in [5.41, 5.74) is 7.80. The number of aryl methyl sites for hydroxylation is 2. The highest BCUT2D eigenvalue weighted by Gasteiger charge is 2.28. The van der Waals surface area contributed by atoms with Crippen molar-refractivity contribution >= 4 is 23.6 Å². The Bertz CT molecular complexity index is 857. The standard InChI is InChI=1S/C22H33N5O5/c1-13-6-7-17-9-16(13)5-4-8-24-18(29)12-27(19(30)10-23)11-14(2)25-22(32)20(15(3)28)26-21(17)31/h6-7,9,14-15,20,28H,4-5,8,10-12,23H2,1-3H3,(H,24,29)(H,25,32)(H,26,31)/t14-,15-,20+/m1/s1. The van der Waals surface area contributed by atoms with Gasteiger partial charge >= 0.3 is 0 Å². The fraction of sp³-hybridized carbons (Fsp3) is 0.545. The Balaban J connectivity index is 2.32. The number of aliphatic hydroxyl groups is 1. The number of amides is 4. The molecule has 0 spiro atoms. The lowest BCUT2D eigenvalue weighted by molar-refractivity contribution is -0.135. The van der Waals surface area contributed by atoms with E-state index in [2.05, 4.69) is 16.0 Å². The zero-order valence-electron chi connectivity index (χ0n) is 18.8. The molecule has 4 amide bonds. The normalized spacial score (nSPS) is 22.3. The van der Waals surface area contributed by atoms with Gasteiger partial charge in [-0.05, 0) is 56.9 Å². The SMILES string of the molecule is Cc1ccc2cc1CCCNC(=O)CN(C(=O)CN)C[C@@H](C)NC(=O)[C@H]([C@@H](C)O)NC2=O. The number of rotatable bonds is 2. The van der Waals surface area contributed by atoms with Crippen LogP contribution in [0.1, 0.15) is 41.8 Å². The van der Waals surface area contributed by atoms with E-state index in [1.165, 1.54) is 11.8 Å². The highest BCUT2D eigenvalue weighted by Crippen LogP contribution is 2.14. The zero-order chi connectivity index (χ0) is 23.8. The number of nitrogens with one attached hydrogen (secondary N) is 3. The predicted octanol–water partition coefficient (Wildman–Crippen LogP) is -1.17. The molecule has 2 bridgehead atoms. The van der Waals surface area contributed by atoms with Gasteiger partial charge in [-0.2, -0.15) is 0 Å². The number of hydrogen-bond acceptors (Lipinski definition) is 6. The second kappa shape index (κ2) is 11.6. The Morgan fingerprint density at radius 3 is 2.66 bits per heavy atom. The number of hydrogen-bond donors (Lipinski definition) is 5. The van der Waals surface area contributed by atoms with E-state index in [0.29, 0.717) is 24.9 Å². The maximum atomic E-state index is 12.8. The van der Waals surface area contributed by atoms with Gasteiger partial charge in [-0.1, -0.05) is 6.07 Å². The predicted molar refractivity (Wildman–Crippen MR) is 119 cm³/mol. The molecule has 10 heteroatoms. The molecule has 1 aromatic rings. The van der Waals surface area contributed by atoms with Gasteiger partial charge in [0.2, 0.25) is 17.7 Å². The molecule has 0 saturated carbocycles. The molecule has 3 atom stereocenters. The van der Waals surface area contributed by atoms with Crippen LogP contribution >= 0.6 is 0 Å². The van der Waals surface area contributed by atoms with Crippen molar-refractivity contribution in [1.82, 2.24) is 20.9 Å². The fourth-order valence-corrected chi connectivity index (χ4v) is 3.54. The number of benzene rings is 1. The number of carbonyl (C=O) groups excluding carboxylic acids is 4. The number of carbonyl (C=O) groups is 4. The quantitative estimate of drug-likeness (QED) is 0.385. The topological polar surface area (TPSA) is 154 Å². The monoisotopic (exact) mass is 447 g/mol. The van der Waals surface area contributed by atoms with Gasteiger partial charge in [-0.15, -0.1) is 0 Å². The lowest BCUT2D eigenvalue weighted by atomic mass is 10.00. The molecule has 1 aliphatic rings. The maximum Gasteiger partial charge on any atom is 0.252 e. The molecular weight excluding hydrogens is 414 g/mol. The summed E-state index contributed by atoms with van der Waals surface area (Å²) >= 11 is 0. The summed E-state index contributed by atoms with van der Waals surface area (Å²) in [6.45, 7) is 5.02. The first-order valence-electron chi connectivity index (χ1n) is 10.8. The molecule has 1 aromatic carbocycles. The first-order chi connectivity index (χ1) is 15.1. The molecule has 2 rings (SSSR count). The van der Waals surface area contributed by atoms with Crippen molar-refractivity contribution < 1.29 is 24.3 Å². The van der Waals surface area contributed by atoms with E-state index in [-0.39, 0.29) is 25.5 Å². The van der Waals surface area contributed by atoms with Crippen LogP contribution in [0, 0.1) is 6.92 Å². The van der Waals surface area contributed by atoms with Gasteiger partial charge in [-0.3, -0.25) is 19.2 Å². The van der Waals surface area contributed by atoms with Crippen LogP contribution in [0.15, 0.2) is 18.2 Å². The summed E-state index contributed by atoms with van der Waals surface area (Å²) in [6, 6.07) is 3.51. The molecule has 0 fully saturated rings. The van der Waals surface area contributed by atoms with Crippen LogP contribution in [0.2, 0.25) is 0 Å². The van der Waals surface area contributed by atoms with Gasteiger partial charge in [0.15, 0.2) is 0 Å². The average molecular weight is 448 g/mol. The van der Waals surface area contributed by atoms with Gasteiger partial charge in [0, 0.05) is 24.7 Å². The lowest BCUT2D eigenvalue weighted by Crippen LogP contribution is -2.56. The van der Waals surface area contributed by atoms with E-state index >= 15 is 0 Å². The van der Waals surface area contributed by atoms with Crippen LogP contribution in [0.5, 0.6) is 0 Å². The van der Waals surface area contributed by atoms with Crippen LogP contribution in [0.3, 0.4) is 0 Å². The molecule has 0 aliphatic carbocycles. The molecule has 32 heavy (non-hydrogen) atoms. The number of fused-ring (bicyclic) bond motifs is 2. The summed E-state index contributed by atoms with van der Waals surface area (Å²) < 4.78 is 0. The lowest BCUT2D eigenvalue weighted by Gasteiger charge is -2.28. The largest absolute Gasteiger partial charge is 0.391 e. The van der Waals surface area contributed by atoms with E-state index in [1.807, 2.05) is 13.0 Å². The fourth-order valence-electron chi connectivity index (χ4n) is 3.54. The van der Waals surface area contributed by atoms with E-state index in [4.69, 9.17) is 5.73 Å². The van der Waals surface area contributed by atoms with Crippen molar-refractivity contribution in [2.24, 2.45) is 5.73 Å². The van der Waals surface area contributed by atoms with E-state index in [0.717, 1.165) is 11.1 Å². The van der Waals surface area contributed by atoms with Gasteiger partial charge in [0.05, 0.1) is 19.2 Å². The smallest absolute Gasteiger partial charge is 0.252 e. The molecular formula is C22H33N5O5. The van der Waals surface area contributed by atoms with Crippen LogP contribution in [-0.2, 0) is 20.8 Å². The minimum atomic E-state index is -1.19. The van der Waals surface area contributed by atoms with Crippen LogP contribution < -0.4 is 21.7 Å².